The number of nitrogens with two attached hydrogens (primary N) is 2. The Hall–Kier alpha value is -4.29. The fourth-order valence-electron chi connectivity index (χ4n) is 4.24. The monoisotopic (exact) mass is 607 g/mol. The molecule has 43 heavy (non-hydrogen) atoms. The number of anilines is 1. The molecule has 2 unspecified atom stereocenters. The highest BCUT2D eigenvalue weighted by atomic mass is 32.1. The molecule has 0 radical (unpaired) electrons. The number of aromatic nitrogens is 2. The van der Waals surface area contributed by atoms with Gasteiger partial charge in [0, 0.05) is 18.5 Å². The van der Waals surface area contributed by atoms with Crippen LogP contribution in [0.2, 0.25) is 0 Å². The molecule has 0 bridgehead atoms. The molecule has 2 atom stereocenters. The minimum atomic E-state index is -0.495. The number of aryl methyl sites for hydroxylation is 1. The van der Waals surface area contributed by atoms with Crippen molar-refractivity contribution in [1.29, 1.82) is 0 Å². The first kappa shape index (κ1) is 33.2. The van der Waals surface area contributed by atoms with Crippen molar-refractivity contribution in [3.63, 3.8) is 0 Å². The molecule has 2 aromatic carbocycles. The number of allylic oxidation sites excluding steroid dienone is 1. The Bertz CT molecular complexity index is 1360. The fourth-order valence-corrected chi connectivity index (χ4v) is 5.04. The Labute approximate surface area is 256 Å². The number of rotatable bonds is 16. The van der Waals surface area contributed by atoms with Gasteiger partial charge in [-0.3, -0.25) is 9.59 Å². The molecule has 0 saturated carbocycles. The zero-order valence-electron chi connectivity index (χ0n) is 24.7. The normalized spacial score (nSPS) is 12.7. The minimum Gasteiger partial charge on any atom is -0.450 e. The number of carbonyl (C=O) groups is 3. The van der Waals surface area contributed by atoms with E-state index in [4.69, 9.17) is 16.2 Å². The van der Waals surface area contributed by atoms with E-state index in [1.54, 1.807) is 6.92 Å². The van der Waals surface area contributed by atoms with Crippen molar-refractivity contribution >= 4 is 34.4 Å². The van der Waals surface area contributed by atoms with Gasteiger partial charge < -0.3 is 32.2 Å². The van der Waals surface area contributed by atoms with Crippen LogP contribution in [0, 0.1) is 0 Å². The van der Waals surface area contributed by atoms with E-state index in [0.717, 1.165) is 46.7 Å². The van der Waals surface area contributed by atoms with Gasteiger partial charge in [0.1, 0.15) is 5.01 Å². The summed E-state index contributed by atoms with van der Waals surface area (Å²) in [6, 6.07) is 16.7. The number of benzene rings is 2. The van der Waals surface area contributed by atoms with Crippen molar-refractivity contribution < 1.29 is 19.1 Å². The topological polar surface area (TPSA) is 174 Å². The molecule has 11 nitrogen and oxygen atoms in total. The molecule has 0 spiro atoms. The van der Waals surface area contributed by atoms with E-state index in [9.17, 15) is 14.4 Å². The number of alkyl carbamates (subject to hydrolysis) is 1. The number of hydrogen-bond acceptors (Lipinski definition) is 9. The predicted molar refractivity (Wildman–Crippen MR) is 168 cm³/mol. The third-order valence-corrected chi connectivity index (χ3v) is 7.33. The average Bonchev–Trinajstić information content (AvgIpc) is 3.41. The first-order valence-electron chi connectivity index (χ1n) is 14.4. The smallest absolute Gasteiger partial charge is 0.407 e. The van der Waals surface area contributed by atoms with Crippen LogP contribution in [-0.2, 0) is 33.6 Å². The van der Waals surface area contributed by atoms with E-state index in [1.165, 1.54) is 11.3 Å². The molecule has 230 valence electrons. The maximum absolute atomic E-state index is 12.6. The summed E-state index contributed by atoms with van der Waals surface area (Å²) in [7, 11) is 0. The zero-order valence-corrected chi connectivity index (χ0v) is 25.5. The molecule has 0 saturated heterocycles. The van der Waals surface area contributed by atoms with Gasteiger partial charge in [0.15, 0.2) is 0 Å². The SMILES string of the molecule is CCOC(=O)NC(C)c1cccc(CC(=O)Nc2nnc(CCCC/C(N)=C/CC(N)NC(=O)Cc3ccccc3)s2)c1. The molecule has 3 amide bonds. The Kier molecular flexibility index (Phi) is 13.6. The maximum atomic E-state index is 12.6. The second-order valence-electron chi connectivity index (χ2n) is 10.1. The van der Waals surface area contributed by atoms with E-state index in [-0.39, 0.29) is 30.7 Å². The Morgan fingerprint density at radius 2 is 1.72 bits per heavy atom. The molecule has 0 aliphatic carbocycles. The number of nitrogens with zero attached hydrogens (tertiary/aromatic N) is 2. The molecular weight excluding hydrogens is 566 g/mol. The highest BCUT2D eigenvalue weighted by molar-refractivity contribution is 7.15. The van der Waals surface area contributed by atoms with Gasteiger partial charge in [0.2, 0.25) is 16.9 Å². The van der Waals surface area contributed by atoms with Gasteiger partial charge in [0.05, 0.1) is 31.7 Å². The molecule has 7 N–H and O–H groups in total. The van der Waals surface area contributed by atoms with Crippen LogP contribution >= 0.6 is 11.3 Å². The minimum absolute atomic E-state index is 0.123. The van der Waals surface area contributed by atoms with Gasteiger partial charge >= 0.3 is 6.09 Å². The third kappa shape index (κ3) is 12.6. The summed E-state index contributed by atoms with van der Waals surface area (Å²) in [4.78, 5) is 36.4. The third-order valence-electron chi connectivity index (χ3n) is 6.43. The highest BCUT2D eigenvalue weighted by Crippen LogP contribution is 2.19. The van der Waals surface area contributed by atoms with Crippen LogP contribution in [0.15, 0.2) is 66.4 Å². The van der Waals surface area contributed by atoms with E-state index in [0.29, 0.717) is 24.6 Å². The summed E-state index contributed by atoms with van der Waals surface area (Å²) in [5.41, 5.74) is 15.5. The van der Waals surface area contributed by atoms with Crippen molar-refractivity contribution in [1.82, 2.24) is 20.8 Å². The van der Waals surface area contributed by atoms with Crippen molar-refractivity contribution in [2.75, 3.05) is 11.9 Å². The Morgan fingerprint density at radius 3 is 2.49 bits per heavy atom. The second kappa shape index (κ2) is 17.6. The number of unbranched alkanes of at least 4 members (excludes halogenated alkanes) is 1. The lowest BCUT2D eigenvalue weighted by Gasteiger charge is -2.15. The van der Waals surface area contributed by atoms with Gasteiger partial charge in [-0.2, -0.15) is 0 Å². The summed E-state index contributed by atoms with van der Waals surface area (Å²) in [6.07, 6.45) is 4.96. The quantitative estimate of drug-likeness (QED) is 0.119. The summed E-state index contributed by atoms with van der Waals surface area (Å²) in [5.74, 6) is -0.319. The van der Waals surface area contributed by atoms with Gasteiger partial charge in [-0.15, -0.1) is 10.2 Å². The standard InChI is InChI=1S/C31H41N7O4S/c1-3-42-31(41)34-21(2)24-13-9-12-23(18-24)20-28(40)36-30-38-37-29(43-30)15-8-7-14-25(32)16-17-26(33)35-27(39)19-22-10-5-4-6-11-22/h4-6,9-13,16,18,21,26H,3,7-8,14-15,17,19-20,32-33H2,1-2H3,(H,34,41)(H,35,39)(H,36,38,40)/b25-16-. The summed E-state index contributed by atoms with van der Waals surface area (Å²) in [5, 5.41) is 18.0. The number of amides is 3. The van der Waals surface area contributed by atoms with Crippen LogP contribution in [0.4, 0.5) is 9.93 Å². The fraction of sp³-hybridized carbons (Fsp3) is 0.387. The van der Waals surface area contributed by atoms with Crippen LogP contribution in [-0.4, -0.2) is 40.9 Å². The van der Waals surface area contributed by atoms with Crippen molar-refractivity contribution in [2.45, 2.75) is 71.0 Å². The van der Waals surface area contributed by atoms with E-state index < -0.39 is 12.3 Å². The number of carbonyl (C=O) groups excluding carboxylic acids is 3. The zero-order chi connectivity index (χ0) is 31.0. The molecule has 3 rings (SSSR count). The molecule has 0 fully saturated rings. The molecule has 12 heteroatoms. The first-order valence-corrected chi connectivity index (χ1v) is 15.2. The van der Waals surface area contributed by atoms with E-state index in [2.05, 4.69) is 26.1 Å². The molecule has 1 aromatic heterocycles. The highest BCUT2D eigenvalue weighted by Gasteiger charge is 2.13. The Morgan fingerprint density at radius 1 is 0.977 bits per heavy atom. The van der Waals surface area contributed by atoms with E-state index in [1.807, 2.05) is 67.6 Å². The molecular formula is C31H41N7O4S. The van der Waals surface area contributed by atoms with Crippen LogP contribution < -0.4 is 27.4 Å². The van der Waals surface area contributed by atoms with Crippen molar-refractivity contribution in [3.8, 4) is 0 Å². The summed E-state index contributed by atoms with van der Waals surface area (Å²) < 4.78 is 4.93. The number of nitrogens with one attached hydrogen (secondary N) is 3. The second-order valence-corrected chi connectivity index (χ2v) is 11.2. The molecule has 1 heterocycles. The largest absolute Gasteiger partial charge is 0.450 e. The lowest BCUT2D eigenvalue weighted by molar-refractivity contribution is -0.121. The Balaban J connectivity index is 1.34. The van der Waals surface area contributed by atoms with Crippen LogP contribution in [0.25, 0.3) is 0 Å². The number of ether oxygens (including phenoxy) is 1. The summed E-state index contributed by atoms with van der Waals surface area (Å²) in [6.45, 7) is 3.90. The van der Waals surface area contributed by atoms with Crippen LogP contribution in [0.3, 0.4) is 0 Å². The van der Waals surface area contributed by atoms with Gasteiger partial charge in [0.25, 0.3) is 0 Å². The van der Waals surface area contributed by atoms with Gasteiger partial charge in [-0.1, -0.05) is 72.0 Å². The molecule has 0 aliphatic heterocycles. The first-order chi connectivity index (χ1) is 20.7. The maximum Gasteiger partial charge on any atom is 0.407 e. The van der Waals surface area contributed by atoms with Crippen molar-refractivity contribution in [3.05, 3.63) is 88.1 Å². The molecule has 0 aliphatic rings. The van der Waals surface area contributed by atoms with Gasteiger partial charge in [-0.25, -0.2) is 4.79 Å². The van der Waals surface area contributed by atoms with Crippen molar-refractivity contribution in [2.24, 2.45) is 11.5 Å². The lowest BCUT2D eigenvalue weighted by Crippen LogP contribution is -2.41. The van der Waals surface area contributed by atoms with Crippen LogP contribution in [0.1, 0.15) is 67.3 Å². The summed E-state index contributed by atoms with van der Waals surface area (Å²) >= 11 is 1.35. The molecule has 3 aromatic rings. The predicted octanol–water partition coefficient (Wildman–Crippen LogP) is 4.12. The van der Waals surface area contributed by atoms with Gasteiger partial charge in [-0.05, 0) is 49.8 Å². The van der Waals surface area contributed by atoms with Crippen LogP contribution in [0.5, 0.6) is 0 Å². The lowest BCUT2D eigenvalue weighted by atomic mass is 10.0. The number of hydrogen-bond donors (Lipinski definition) is 5. The average molecular weight is 608 g/mol. The van der Waals surface area contributed by atoms with E-state index >= 15 is 0 Å².